The van der Waals surface area contributed by atoms with Gasteiger partial charge in [-0.25, -0.2) is 0 Å². The number of hydrogen-bond acceptors (Lipinski definition) is 3. The van der Waals surface area contributed by atoms with Gasteiger partial charge < -0.3 is 10.6 Å². The van der Waals surface area contributed by atoms with Gasteiger partial charge in [0.1, 0.15) is 11.2 Å². The van der Waals surface area contributed by atoms with E-state index in [0.717, 1.165) is 23.4 Å². The van der Waals surface area contributed by atoms with Gasteiger partial charge in [-0.2, -0.15) is 0 Å². The SMILES string of the molecule is CC(C)[C@H]1NC(=O)c2c(sc3c2CCCC3)N1. The van der Waals surface area contributed by atoms with Crippen molar-refractivity contribution in [3.8, 4) is 0 Å². The summed E-state index contributed by atoms with van der Waals surface area (Å²) in [5, 5.41) is 7.63. The molecule has 1 aromatic heterocycles. The Kier molecular flexibility index (Phi) is 2.62. The third kappa shape index (κ3) is 1.75. The first-order chi connectivity index (χ1) is 8.16. The molecule has 0 bridgehead atoms. The first-order valence-corrected chi connectivity index (χ1v) is 7.20. The highest BCUT2D eigenvalue weighted by molar-refractivity contribution is 7.16. The van der Waals surface area contributed by atoms with Crippen LogP contribution in [0.25, 0.3) is 0 Å². The minimum Gasteiger partial charge on any atom is -0.356 e. The van der Waals surface area contributed by atoms with Crippen LogP contribution in [-0.2, 0) is 12.8 Å². The van der Waals surface area contributed by atoms with Crippen molar-refractivity contribution in [1.82, 2.24) is 5.32 Å². The number of fused-ring (bicyclic) bond motifs is 3. The molecule has 3 nitrogen and oxygen atoms in total. The highest BCUT2D eigenvalue weighted by Gasteiger charge is 2.32. The third-order valence-electron chi connectivity index (χ3n) is 3.64. The molecule has 0 spiro atoms. The van der Waals surface area contributed by atoms with Crippen molar-refractivity contribution < 1.29 is 4.79 Å². The van der Waals surface area contributed by atoms with Crippen LogP contribution in [0.5, 0.6) is 0 Å². The van der Waals surface area contributed by atoms with Crippen LogP contribution in [-0.4, -0.2) is 12.1 Å². The van der Waals surface area contributed by atoms with Crippen molar-refractivity contribution in [2.24, 2.45) is 5.92 Å². The second kappa shape index (κ2) is 4.02. The van der Waals surface area contributed by atoms with Crippen LogP contribution in [0.3, 0.4) is 0 Å². The molecule has 17 heavy (non-hydrogen) atoms. The standard InChI is InChI=1S/C13H18N2OS/c1-7(2)11-14-12(16)10-8-5-3-4-6-9(8)17-13(10)15-11/h7,11,15H,3-6H2,1-2H3,(H,14,16)/t11-/m0/s1. The summed E-state index contributed by atoms with van der Waals surface area (Å²) >= 11 is 1.79. The van der Waals surface area contributed by atoms with Crippen LogP contribution in [0, 0.1) is 5.92 Å². The second-order valence-corrected chi connectivity index (χ2v) is 6.36. The average molecular weight is 250 g/mol. The van der Waals surface area contributed by atoms with Gasteiger partial charge in [0.05, 0.1) is 5.56 Å². The summed E-state index contributed by atoms with van der Waals surface area (Å²) in [6.07, 6.45) is 4.78. The zero-order chi connectivity index (χ0) is 12.0. The summed E-state index contributed by atoms with van der Waals surface area (Å²) < 4.78 is 0. The minimum atomic E-state index is 0.0788. The molecule has 92 valence electrons. The largest absolute Gasteiger partial charge is 0.356 e. The van der Waals surface area contributed by atoms with E-state index < -0.39 is 0 Å². The molecule has 0 fully saturated rings. The number of hydrogen-bond donors (Lipinski definition) is 2. The Bertz CT molecular complexity index is 464. The van der Waals surface area contributed by atoms with Gasteiger partial charge in [-0.3, -0.25) is 4.79 Å². The van der Waals surface area contributed by atoms with Crippen molar-refractivity contribution in [1.29, 1.82) is 0 Å². The van der Waals surface area contributed by atoms with Gasteiger partial charge in [0.25, 0.3) is 5.91 Å². The van der Waals surface area contributed by atoms with Crippen molar-refractivity contribution in [3.05, 3.63) is 16.0 Å². The smallest absolute Gasteiger partial charge is 0.256 e. The van der Waals surface area contributed by atoms with E-state index in [4.69, 9.17) is 0 Å². The van der Waals surface area contributed by atoms with Crippen molar-refractivity contribution in [3.63, 3.8) is 0 Å². The molecule has 4 heteroatoms. The molecular weight excluding hydrogens is 232 g/mol. The molecule has 1 aromatic rings. The van der Waals surface area contributed by atoms with Crippen LogP contribution < -0.4 is 10.6 Å². The van der Waals surface area contributed by atoms with Gasteiger partial charge in [0.15, 0.2) is 0 Å². The Balaban J connectivity index is 2.01. The fraction of sp³-hybridized carbons (Fsp3) is 0.615. The van der Waals surface area contributed by atoms with E-state index in [1.807, 2.05) is 0 Å². The summed E-state index contributed by atoms with van der Waals surface area (Å²) in [7, 11) is 0. The molecule has 2 heterocycles. The van der Waals surface area contributed by atoms with Crippen LogP contribution in [0.4, 0.5) is 5.00 Å². The number of carbonyl (C=O) groups excluding carboxylic acids is 1. The van der Waals surface area contributed by atoms with Gasteiger partial charge in [-0.1, -0.05) is 13.8 Å². The summed E-state index contributed by atoms with van der Waals surface area (Å²) in [6, 6.07) is 0. The van der Waals surface area contributed by atoms with Gasteiger partial charge >= 0.3 is 0 Å². The van der Waals surface area contributed by atoms with Crippen LogP contribution in [0.2, 0.25) is 0 Å². The topological polar surface area (TPSA) is 41.1 Å². The van der Waals surface area contributed by atoms with Gasteiger partial charge in [0, 0.05) is 4.88 Å². The van der Waals surface area contributed by atoms with Crippen LogP contribution in [0.15, 0.2) is 0 Å². The maximum absolute atomic E-state index is 12.2. The number of amides is 1. The Morgan fingerprint density at radius 3 is 2.76 bits per heavy atom. The van der Waals surface area contributed by atoms with Crippen molar-refractivity contribution in [2.45, 2.75) is 45.7 Å². The van der Waals surface area contributed by atoms with E-state index in [1.54, 1.807) is 11.3 Å². The molecule has 0 radical (unpaired) electrons. The molecule has 3 rings (SSSR count). The van der Waals surface area contributed by atoms with E-state index in [-0.39, 0.29) is 12.1 Å². The zero-order valence-corrected chi connectivity index (χ0v) is 11.1. The number of aryl methyl sites for hydroxylation is 1. The Morgan fingerprint density at radius 1 is 1.24 bits per heavy atom. The zero-order valence-electron chi connectivity index (χ0n) is 10.3. The monoisotopic (exact) mass is 250 g/mol. The van der Waals surface area contributed by atoms with Gasteiger partial charge in [-0.05, 0) is 37.2 Å². The Hall–Kier alpha value is -1.03. The lowest BCUT2D eigenvalue weighted by Gasteiger charge is -2.29. The molecule has 1 aliphatic carbocycles. The molecule has 1 atom stereocenters. The first-order valence-electron chi connectivity index (χ1n) is 6.38. The predicted octanol–water partition coefficient (Wildman–Crippen LogP) is 2.76. The van der Waals surface area contributed by atoms with Gasteiger partial charge in [0.2, 0.25) is 0 Å². The minimum absolute atomic E-state index is 0.0788. The van der Waals surface area contributed by atoms with Crippen molar-refractivity contribution in [2.75, 3.05) is 5.32 Å². The fourth-order valence-corrected chi connectivity index (χ4v) is 3.96. The van der Waals surface area contributed by atoms with E-state index >= 15 is 0 Å². The third-order valence-corrected chi connectivity index (χ3v) is 4.86. The summed E-state index contributed by atoms with van der Waals surface area (Å²) in [6.45, 7) is 4.24. The normalized spacial score (nSPS) is 22.8. The molecular formula is C13H18N2OS. The molecule has 1 amide bonds. The number of nitrogens with one attached hydrogen (secondary N) is 2. The number of rotatable bonds is 1. The Morgan fingerprint density at radius 2 is 2.00 bits per heavy atom. The summed E-state index contributed by atoms with van der Waals surface area (Å²) in [4.78, 5) is 13.6. The molecule has 2 N–H and O–H groups in total. The van der Waals surface area contributed by atoms with E-state index in [1.165, 1.54) is 23.3 Å². The molecule has 2 aliphatic rings. The lowest BCUT2D eigenvalue weighted by atomic mass is 9.94. The lowest BCUT2D eigenvalue weighted by Crippen LogP contribution is -2.47. The summed E-state index contributed by atoms with van der Waals surface area (Å²) in [5.41, 5.74) is 2.24. The lowest BCUT2D eigenvalue weighted by molar-refractivity contribution is 0.0925. The fourth-order valence-electron chi connectivity index (χ4n) is 2.63. The maximum atomic E-state index is 12.2. The second-order valence-electron chi connectivity index (χ2n) is 5.25. The number of carbonyl (C=O) groups is 1. The van der Waals surface area contributed by atoms with Gasteiger partial charge in [-0.15, -0.1) is 11.3 Å². The van der Waals surface area contributed by atoms with E-state index in [0.29, 0.717) is 5.92 Å². The molecule has 0 aromatic carbocycles. The van der Waals surface area contributed by atoms with E-state index in [2.05, 4.69) is 24.5 Å². The predicted molar refractivity (Wildman–Crippen MR) is 70.7 cm³/mol. The maximum Gasteiger partial charge on any atom is 0.256 e. The van der Waals surface area contributed by atoms with Crippen LogP contribution in [0.1, 0.15) is 47.5 Å². The average Bonchev–Trinajstić information content (AvgIpc) is 2.67. The highest BCUT2D eigenvalue weighted by atomic mass is 32.1. The highest BCUT2D eigenvalue weighted by Crippen LogP contribution is 2.40. The quantitative estimate of drug-likeness (QED) is 0.804. The molecule has 1 aliphatic heterocycles. The summed E-state index contributed by atoms with van der Waals surface area (Å²) in [5.74, 6) is 0.531. The van der Waals surface area contributed by atoms with Crippen molar-refractivity contribution >= 4 is 22.2 Å². The van der Waals surface area contributed by atoms with Crippen LogP contribution >= 0.6 is 11.3 Å². The molecule has 0 unspecified atom stereocenters. The molecule has 0 saturated heterocycles. The number of thiophene rings is 1. The first kappa shape index (κ1) is 11.1. The number of anilines is 1. The van der Waals surface area contributed by atoms with E-state index in [9.17, 15) is 4.79 Å². The molecule has 0 saturated carbocycles. The Labute approximate surface area is 106 Å².